The second-order valence-corrected chi connectivity index (χ2v) is 8.90. The first-order chi connectivity index (χ1) is 10.5. The first-order valence-electron chi connectivity index (χ1n) is 7.71. The zero-order chi connectivity index (χ0) is 15.7. The number of carbonyl (C=O) groups is 1. The lowest BCUT2D eigenvalue weighted by molar-refractivity contribution is -0.131. The van der Waals surface area contributed by atoms with Gasteiger partial charge in [0.1, 0.15) is 0 Å². The van der Waals surface area contributed by atoms with E-state index < -0.39 is 15.1 Å². The molecule has 0 N–H and O–H groups in total. The molecule has 1 aliphatic carbocycles. The van der Waals surface area contributed by atoms with Gasteiger partial charge in [0.15, 0.2) is 9.84 Å². The van der Waals surface area contributed by atoms with E-state index in [-0.39, 0.29) is 11.7 Å². The Balaban J connectivity index is 1.78. The second kappa shape index (κ2) is 6.20. The van der Waals surface area contributed by atoms with Crippen molar-refractivity contribution in [3.8, 4) is 0 Å². The Labute approximate surface area is 136 Å². The van der Waals surface area contributed by atoms with E-state index in [4.69, 9.17) is 11.6 Å². The highest BCUT2D eigenvalue weighted by Gasteiger charge is 2.35. The number of rotatable bonds is 3. The van der Waals surface area contributed by atoms with E-state index >= 15 is 0 Å². The van der Waals surface area contributed by atoms with Crippen molar-refractivity contribution in [1.29, 1.82) is 0 Å². The summed E-state index contributed by atoms with van der Waals surface area (Å²) in [6.45, 7) is 0.787. The molecule has 4 nitrogen and oxygen atoms in total. The molecule has 1 aromatic carbocycles. The Morgan fingerprint density at radius 3 is 2.59 bits per heavy atom. The fourth-order valence-electron chi connectivity index (χ4n) is 2.98. The zero-order valence-corrected chi connectivity index (χ0v) is 13.9. The van der Waals surface area contributed by atoms with E-state index in [2.05, 4.69) is 0 Å². The minimum Gasteiger partial charge on any atom is -0.342 e. The number of sulfone groups is 1. The molecule has 22 heavy (non-hydrogen) atoms. The fourth-order valence-corrected chi connectivity index (χ4v) is 5.13. The molecule has 1 aromatic rings. The van der Waals surface area contributed by atoms with Gasteiger partial charge in [0.05, 0.1) is 11.0 Å². The van der Waals surface area contributed by atoms with Gasteiger partial charge in [-0.05, 0) is 36.8 Å². The van der Waals surface area contributed by atoms with Crippen LogP contribution in [0.4, 0.5) is 0 Å². The van der Waals surface area contributed by atoms with Crippen LogP contribution in [0.15, 0.2) is 24.3 Å². The molecule has 1 saturated carbocycles. The maximum atomic E-state index is 12.6. The number of hydrogen-bond acceptors (Lipinski definition) is 3. The van der Waals surface area contributed by atoms with Gasteiger partial charge in [0.25, 0.3) is 0 Å². The van der Waals surface area contributed by atoms with Crippen molar-refractivity contribution in [2.75, 3.05) is 18.8 Å². The summed E-state index contributed by atoms with van der Waals surface area (Å²) >= 11 is 6.17. The summed E-state index contributed by atoms with van der Waals surface area (Å²) in [5, 5.41) is -0.131. The minimum atomic E-state index is -3.29. The molecule has 0 spiro atoms. The number of hydrogen-bond donors (Lipinski definition) is 0. The average molecular weight is 342 g/mol. The quantitative estimate of drug-likeness (QED) is 0.849. The number of nitrogens with zero attached hydrogens (tertiary/aromatic N) is 1. The van der Waals surface area contributed by atoms with Crippen molar-refractivity contribution < 1.29 is 13.2 Å². The standard InChI is InChI=1S/C16H20ClNO3S/c17-14-4-2-1-3-13(14)15-7-8-18(9-10-22(15,20)21)16(19)11-12-5-6-12/h1-4,12,15H,5-11H2. The molecule has 0 radical (unpaired) electrons. The molecule has 1 amide bonds. The summed E-state index contributed by atoms with van der Waals surface area (Å²) in [4.78, 5) is 13.9. The smallest absolute Gasteiger partial charge is 0.222 e. The first-order valence-corrected chi connectivity index (χ1v) is 9.80. The molecule has 1 aliphatic heterocycles. The molecule has 1 heterocycles. The van der Waals surface area contributed by atoms with Crippen LogP contribution in [-0.2, 0) is 14.6 Å². The summed E-state index contributed by atoms with van der Waals surface area (Å²) in [7, 11) is -3.29. The van der Waals surface area contributed by atoms with Gasteiger partial charge in [0.2, 0.25) is 5.91 Å². The molecule has 120 valence electrons. The predicted molar refractivity (Wildman–Crippen MR) is 86.5 cm³/mol. The van der Waals surface area contributed by atoms with Gasteiger partial charge in [-0.1, -0.05) is 29.8 Å². The van der Waals surface area contributed by atoms with Gasteiger partial charge in [-0.15, -0.1) is 0 Å². The highest BCUT2D eigenvalue weighted by molar-refractivity contribution is 7.91. The van der Waals surface area contributed by atoms with Crippen LogP contribution >= 0.6 is 11.6 Å². The van der Waals surface area contributed by atoms with Crippen molar-refractivity contribution in [3.05, 3.63) is 34.9 Å². The van der Waals surface area contributed by atoms with Gasteiger partial charge in [-0.25, -0.2) is 8.42 Å². The lowest BCUT2D eigenvalue weighted by Gasteiger charge is -2.20. The van der Waals surface area contributed by atoms with Crippen LogP contribution in [-0.4, -0.2) is 38.1 Å². The lowest BCUT2D eigenvalue weighted by Crippen LogP contribution is -2.33. The maximum absolute atomic E-state index is 12.6. The summed E-state index contributed by atoms with van der Waals surface area (Å²) < 4.78 is 25.1. The highest BCUT2D eigenvalue weighted by Crippen LogP contribution is 2.35. The zero-order valence-electron chi connectivity index (χ0n) is 12.4. The lowest BCUT2D eigenvalue weighted by atomic mass is 10.1. The molecular formula is C16H20ClNO3S. The topological polar surface area (TPSA) is 54.5 Å². The van der Waals surface area contributed by atoms with Gasteiger partial charge in [0, 0.05) is 24.5 Å². The monoisotopic (exact) mass is 341 g/mol. The van der Waals surface area contributed by atoms with Crippen molar-refractivity contribution in [2.24, 2.45) is 5.92 Å². The third kappa shape index (κ3) is 3.46. The van der Waals surface area contributed by atoms with Gasteiger partial charge >= 0.3 is 0 Å². The molecule has 3 rings (SSSR count). The summed E-state index contributed by atoms with van der Waals surface area (Å²) in [5.41, 5.74) is 0.653. The fraction of sp³-hybridized carbons (Fsp3) is 0.562. The van der Waals surface area contributed by atoms with E-state index in [9.17, 15) is 13.2 Å². The normalized spacial score (nSPS) is 24.8. The van der Waals surface area contributed by atoms with Crippen molar-refractivity contribution in [3.63, 3.8) is 0 Å². The number of carbonyl (C=O) groups excluding carboxylic acids is 1. The Hall–Kier alpha value is -1.07. The van der Waals surface area contributed by atoms with Crippen LogP contribution in [0.2, 0.25) is 5.02 Å². The van der Waals surface area contributed by atoms with E-state index in [0.717, 1.165) is 12.8 Å². The number of benzene rings is 1. The molecule has 1 saturated heterocycles. The van der Waals surface area contributed by atoms with Gasteiger partial charge < -0.3 is 4.90 Å². The average Bonchev–Trinajstić information content (AvgIpc) is 3.28. The molecule has 2 fully saturated rings. The summed E-state index contributed by atoms with van der Waals surface area (Å²) in [5.74, 6) is 0.628. The van der Waals surface area contributed by atoms with Crippen LogP contribution in [0.3, 0.4) is 0 Å². The van der Waals surface area contributed by atoms with Crippen LogP contribution in [0.1, 0.15) is 36.5 Å². The number of halogens is 1. The largest absolute Gasteiger partial charge is 0.342 e. The van der Waals surface area contributed by atoms with E-state index in [1.54, 1.807) is 29.2 Å². The van der Waals surface area contributed by atoms with Crippen LogP contribution in [0, 0.1) is 5.92 Å². The molecule has 2 aliphatic rings. The van der Waals surface area contributed by atoms with Crippen LogP contribution < -0.4 is 0 Å². The summed E-state index contributed by atoms with van der Waals surface area (Å²) in [6.07, 6.45) is 3.24. The van der Waals surface area contributed by atoms with E-state index in [1.165, 1.54) is 0 Å². The third-order valence-corrected chi connectivity index (χ3v) is 6.96. The SMILES string of the molecule is O=C(CC1CC1)N1CCC(c2ccccc2Cl)S(=O)(=O)CC1. The Bertz CT molecular complexity index is 670. The predicted octanol–water partition coefficient (Wildman–Crippen LogP) is 2.83. The van der Waals surface area contributed by atoms with E-state index in [0.29, 0.717) is 42.4 Å². The van der Waals surface area contributed by atoms with Crippen molar-refractivity contribution in [2.45, 2.75) is 30.9 Å². The highest BCUT2D eigenvalue weighted by atomic mass is 35.5. The van der Waals surface area contributed by atoms with Crippen LogP contribution in [0.5, 0.6) is 0 Å². The van der Waals surface area contributed by atoms with Crippen LogP contribution in [0.25, 0.3) is 0 Å². The maximum Gasteiger partial charge on any atom is 0.222 e. The molecule has 0 aromatic heterocycles. The molecule has 0 bridgehead atoms. The third-order valence-electron chi connectivity index (χ3n) is 4.51. The number of amides is 1. The van der Waals surface area contributed by atoms with E-state index in [1.807, 2.05) is 0 Å². The first kappa shape index (κ1) is 15.8. The molecule has 1 unspecified atom stereocenters. The van der Waals surface area contributed by atoms with Crippen molar-refractivity contribution in [1.82, 2.24) is 4.90 Å². The Morgan fingerprint density at radius 2 is 1.91 bits per heavy atom. The Morgan fingerprint density at radius 1 is 1.18 bits per heavy atom. The Kier molecular flexibility index (Phi) is 4.46. The van der Waals surface area contributed by atoms with Gasteiger partial charge in [-0.2, -0.15) is 0 Å². The van der Waals surface area contributed by atoms with Gasteiger partial charge in [-0.3, -0.25) is 4.79 Å². The minimum absolute atomic E-state index is 0.0132. The molecule has 6 heteroatoms. The molecular weight excluding hydrogens is 322 g/mol. The molecule has 1 atom stereocenters. The van der Waals surface area contributed by atoms with Crippen molar-refractivity contribution >= 4 is 27.3 Å². The summed E-state index contributed by atoms with van der Waals surface area (Å²) in [6, 6.07) is 7.08. The second-order valence-electron chi connectivity index (χ2n) is 6.19.